The maximum absolute atomic E-state index is 12.8. The zero-order valence-corrected chi connectivity index (χ0v) is 9.82. The van der Waals surface area contributed by atoms with Crippen molar-refractivity contribution >= 4 is 23.5 Å². The quantitative estimate of drug-likeness (QED) is 0.678. The number of aliphatic hydroxyl groups excluding tert-OH is 1. The molecule has 1 aromatic heterocycles. The van der Waals surface area contributed by atoms with Crippen LogP contribution < -0.4 is 5.32 Å². The molecule has 3 N–H and O–H groups in total. The third kappa shape index (κ3) is 3.94. The Kier molecular flexibility index (Phi) is 4.99. The summed E-state index contributed by atoms with van der Waals surface area (Å²) in [6, 6.07) is 0.915. The number of rotatable bonds is 5. The number of aromatic nitrogens is 1. The van der Waals surface area contributed by atoms with Crippen LogP contribution in [0.2, 0.25) is 5.15 Å². The molecule has 0 unspecified atom stereocenters. The van der Waals surface area contributed by atoms with Crippen molar-refractivity contribution in [3.63, 3.8) is 0 Å². The summed E-state index contributed by atoms with van der Waals surface area (Å²) in [6.07, 6.45) is -0.860. The van der Waals surface area contributed by atoms with Gasteiger partial charge in [-0.2, -0.15) is 0 Å². The third-order valence-electron chi connectivity index (χ3n) is 2.04. The maximum atomic E-state index is 12.8. The first-order valence-corrected chi connectivity index (χ1v) is 5.29. The van der Waals surface area contributed by atoms with Crippen molar-refractivity contribution in [1.82, 2.24) is 10.3 Å². The first-order chi connectivity index (χ1) is 8.41. The van der Waals surface area contributed by atoms with Gasteiger partial charge in [-0.1, -0.05) is 11.6 Å². The zero-order valence-electron chi connectivity index (χ0n) is 9.06. The summed E-state index contributed by atoms with van der Waals surface area (Å²) >= 11 is 5.60. The number of carboxylic acids is 1. The van der Waals surface area contributed by atoms with Crippen LogP contribution >= 0.6 is 11.6 Å². The molecule has 18 heavy (non-hydrogen) atoms. The van der Waals surface area contributed by atoms with Crippen molar-refractivity contribution < 1.29 is 24.2 Å². The Bertz CT molecular complexity index is 469. The molecular weight excluding hydrogens is 267 g/mol. The van der Waals surface area contributed by atoms with Gasteiger partial charge < -0.3 is 15.5 Å². The topological polar surface area (TPSA) is 99.5 Å². The lowest BCUT2D eigenvalue weighted by Crippen LogP contribution is -2.30. The largest absolute Gasteiger partial charge is 0.479 e. The van der Waals surface area contributed by atoms with Crippen LogP contribution in [-0.4, -0.2) is 39.7 Å². The lowest BCUT2D eigenvalue weighted by Gasteiger charge is -2.08. The average molecular weight is 277 g/mol. The Balaban J connectivity index is 2.55. The Morgan fingerprint density at radius 1 is 1.56 bits per heavy atom. The second-order valence-electron chi connectivity index (χ2n) is 3.39. The third-order valence-corrected chi connectivity index (χ3v) is 2.34. The van der Waals surface area contributed by atoms with Crippen LogP contribution in [0.1, 0.15) is 16.8 Å². The van der Waals surface area contributed by atoms with E-state index < -0.39 is 23.8 Å². The molecule has 1 rings (SSSR count). The number of nitrogens with one attached hydrogen (secondary N) is 1. The van der Waals surface area contributed by atoms with E-state index in [1.807, 2.05) is 0 Å². The number of pyridine rings is 1. The van der Waals surface area contributed by atoms with E-state index in [1.165, 1.54) is 0 Å². The molecule has 1 heterocycles. The zero-order chi connectivity index (χ0) is 13.7. The SMILES string of the molecule is O=C(NCC[C@H](O)C(=O)O)c1cc(F)cnc1Cl. The fourth-order valence-corrected chi connectivity index (χ4v) is 1.31. The van der Waals surface area contributed by atoms with Gasteiger partial charge in [0.15, 0.2) is 6.10 Å². The van der Waals surface area contributed by atoms with Crippen molar-refractivity contribution in [3.8, 4) is 0 Å². The monoisotopic (exact) mass is 276 g/mol. The fraction of sp³-hybridized carbons (Fsp3) is 0.300. The number of nitrogens with zero attached hydrogens (tertiary/aromatic N) is 1. The van der Waals surface area contributed by atoms with Crippen molar-refractivity contribution in [2.24, 2.45) is 0 Å². The predicted molar refractivity (Wildman–Crippen MR) is 59.8 cm³/mol. The summed E-state index contributed by atoms with van der Waals surface area (Å²) in [6.45, 7) is -0.0842. The molecule has 0 saturated carbocycles. The summed E-state index contributed by atoms with van der Waals surface area (Å²) in [7, 11) is 0. The molecule has 0 aliphatic rings. The lowest BCUT2D eigenvalue weighted by molar-refractivity contribution is -0.146. The minimum atomic E-state index is -1.56. The minimum absolute atomic E-state index is 0.0842. The Labute approximate surface area is 106 Å². The number of aliphatic carboxylic acids is 1. The van der Waals surface area contributed by atoms with Gasteiger partial charge in [-0.15, -0.1) is 0 Å². The number of hydrogen-bond acceptors (Lipinski definition) is 4. The van der Waals surface area contributed by atoms with E-state index in [4.69, 9.17) is 21.8 Å². The Morgan fingerprint density at radius 2 is 2.22 bits per heavy atom. The molecule has 0 radical (unpaired) electrons. The molecule has 1 amide bonds. The second kappa shape index (κ2) is 6.27. The van der Waals surface area contributed by atoms with E-state index in [-0.39, 0.29) is 23.7 Å². The van der Waals surface area contributed by atoms with E-state index in [9.17, 15) is 14.0 Å². The van der Waals surface area contributed by atoms with E-state index >= 15 is 0 Å². The minimum Gasteiger partial charge on any atom is -0.479 e. The highest BCUT2D eigenvalue weighted by atomic mass is 35.5. The molecule has 0 aliphatic heterocycles. The van der Waals surface area contributed by atoms with Crippen molar-refractivity contribution in [3.05, 3.63) is 28.8 Å². The molecule has 6 nitrogen and oxygen atoms in total. The van der Waals surface area contributed by atoms with E-state index in [0.29, 0.717) is 0 Å². The Morgan fingerprint density at radius 3 is 2.83 bits per heavy atom. The standard InChI is InChI=1S/C10H10ClFN2O4/c11-8-6(3-5(12)4-14-8)9(16)13-2-1-7(15)10(17)18/h3-4,7,15H,1-2H2,(H,13,16)(H,17,18)/t7-/m0/s1. The summed E-state index contributed by atoms with van der Waals surface area (Å²) in [4.78, 5) is 25.3. The van der Waals surface area contributed by atoms with Crippen molar-refractivity contribution in [2.45, 2.75) is 12.5 Å². The molecule has 0 fully saturated rings. The average Bonchev–Trinajstić information content (AvgIpc) is 2.31. The molecule has 8 heteroatoms. The number of carbonyl (C=O) groups excluding carboxylic acids is 1. The number of halogens is 2. The van der Waals surface area contributed by atoms with Gasteiger partial charge in [0.25, 0.3) is 5.91 Å². The van der Waals surface area contributed by atoms with Gasteiger partial charge in [-0.25, -0.2) is 14.2 Å². The first-order valence-electron chi connectivity index (χ1n) is 4.92. The highest BCUT2D eigenvalue weighted by Gasteiger charge is 2.15. The molecule has 0 saturated heterocycles. The van der Waals surface area contributed by atoms with Gasteiger partial charge in [-0.3, -0.25) is 4.79 Å². The molecule has 0 aliphatic carbocycles. The van der Waals surface area contributed by atoms with Crippen LogP contribution in [0.15, 0.2) is 12.3 Å². The molecular formula is C10H10ClFN2O4. The number of carboxylic acid groups (broad SMARTS) is 1. The molecule has 1 atom stereocenters. The number of carbonyl (C=O) groups is 2. The van der Waals surface area contributed by atoms with Crippen LogP contribution in [0, 0.1) is 5.82 Å². The van der Waals surface area contributed by atoms with Crippen LogP contribution in [-0.2, 0) is 4.79 Å². The Hall–Kier alpha value is -1.73. The van der Waals surface area contributed by atoms with Gasteiger partial charge in [0.2, 0.25) is 0 Å². The fourth-order valence-electron chi connectivity index (χ4n) is 1.12. The van der Waals surface area contributed by atoms with Gasteiger partial charge in [0, 0.05) is 13.0 Å². The van der Waals surface area contributed by atoms with Crippen molar-refractivity contribution in [2.75, 3.05) is 6.54 Å². The van der Waals surface area contributed by atoms with Gasteiger partial charge >= 0.3 is 5.97 Å². The van der Waals surface area contributed by atoms with Gasteiger partial charge in [0.1, 0.15) is 11.0 Å². The number of amides is 1. The molecule has 0 bridgehead atoms. The van der Waals surface area contributed by atoms with Crippen LogP contribution in [0.3, 0.4) is 0 Å². The molecule has 0 aromatic carbocycles. The lowest BCUT2D eigenvalue weighted by atomic mass is 10.2. The summed E-state index contributed by atoms with van der Waals surface area (Å²) in [5, 5.41) is 19.5. The van der Waals surface area contributed by atoms with E-state index in [1.54, 1.807) is 0 Å². The summed E-state index contributed by atoms with van der Waals surface area (Å²) in [5.41, 5.74) is -0.151. The first kappa shape index (κ1) is 14.3. The number of hydrogen-bond donors (Lipinski definition) is 3. The van der Waals surface area contributed by atoms with Crippen molar-refractivity contribution in [1.29, 1.82) is 0 Å². The number of aliphatic hydroxyl groups is 1. The predicted octanol–water partition coefficient (Wildman–Crippen LogP) is 0.439. The normalized spacial score (nSPS) is 11.9. The summed E-state index contributed by atoms with van der Waals surface area (Å²) in [5.74, 6) is -2.78. The second-order valence-corrected chi connectivity index (χ2v) is 3.75. The summed E-state index contributed by atoms with van der Waals surface area (Å²) < 4.78 is 12.8. The molecule has 0 spiro atoms. The van der Waals surface area contributed by atoms with Gasteiger partial charge in [0.05, 0.1) is 11.8 Å². The maximum Gasteiger partial charge on any atom is 0.332 e. The van der Waals surface area contributed by atoms with Gasteiger partial charge in [-0.05, 0) is 6.07 Å². The highest BCUT2D eigenvalue weighted by Crippen LogP contribution is 2.13. The van der Waals surface area contributed by atoms with E-state index in [0.717, 1.165) is 12.3 Å². The van der Waals surface area contributed by atoms with Crippen LogP contribution in [0.4, 0.5) is 4.39 Å². The van der Waals surface area contributed by atoms with E-state index in [2.05, 4.69) is 10.3 Å². The molecule has 98 valence electrons. The van der Waals surface area contributed by atoms with Crippen LogP contribution in [0.5, 0.6) is 0 Å². The molecule has 1 aromatic rings. The highest BCUT2D eigenvalue weighted by molar-refractivity contribution is 6.32. The smallest absolute Gasteiger partial charge is 0.332 e. The van der Waals surface area contributed by atoms with Crippen LogP contribution in [0.25, 0.3) is 0 Å².